The van der Waals surface area contributed by atoms with Crippen molar-refractivity contribution in [3.05, 3.63) is 36.4 Å². The molecule has 2 N–H and O–H groups in total. The molecule has 0 radical (unpaired) electrons. The van der Waals surface area contributed by atoms with E-state index in [1.807, 2.05) is 31.1 Å². The zero-order valence-electron chi connectivity index (χ0n) is 14.7. The number of carbonyl (C=O) groups is 1. The zero-order chi connectivity index (χ0) is 19.1. The van der Waals surface area contributed by atoms with E-state index in [4.69, 9.17) is 0 Å². The normalized spacial score (nSPS) is 21.7. The zero-order valence-corrected chi connectivity index (χ0v) is 15.5. The molecule has 2 aromatic rings. The predicted octanol–water partition coefficient (Wildman–Crippen LogP) is 1.50. The Bertz CT molecular complexity index is 942. The van der Waals surface area contributed by atoms with Crippen LogP contribution in [-0.2, 0) is 14.8 Å². The van der Waals surface area contributed by atoms with Crippen molar-refractivity contribution in [2.75, 3.05) is 25.5 Å². The lowest BCUT2D eigenvalue weighted by atomic mass is 10.0. The number of carboxylic acids is 1. The van der Waals surface area contributed by atoms with Gasteiger partial charge in [0.1, 0.15) is 6.04 Å². The average Bonchev–Trinajstić information content (AvgIpc) is 2.59. The minimum absolute atomic E-state index is 0.0547. The largest absolute Gasteiger partial charge is 0.480 e. The van der Waals surface area contributed by atoms with E-state index in [9.17, 15) is 23.4 Å². The molecule has 1 saturated heterocycles. The summed E-state index contributed by atoms with van der Waals surface area (Å²) in [6.45, 7) is 0.0696. The van der Waals surface area contributed by atoms with Crippen LogP contribution in [0, 0.1) is 0 Å². The highest BCUT2D eigenvalue weighted by Crippen LogP contribution is 2.33. The van der Waals surface area contributed by atoms with Gasteiger partial charge >= 0.3 is 5.97 Å². The first kappa shape index (κ1) is 18.6. The van der Waals surface area contributed by atoms with Crippen LogP contribution >= 0.6 is 0 Å². The molecule has 1 aliphatic rings. The number of benzene rings is 2. The van der Waals surface area contributed by atoms with E-state index >= 15 is 0 Å². The van der Waals surface area contributed by atoms with Gasteiger partial charge in [-0.25, -0.2) is 8.42 Å². The Labute approximate surface area is 152 Å². The maximum Gasteiger partial charge on any atom is 0.324 e. The number of hydrogen-bond donors (Lipinski definition) is 2. The van der Waals surface area contributed by atoms with Gasteiger partial charge in [-0.05, 0) is 25.0 Å². The minimum atomic E-state index is -4.08. The lowest BCUT2D eigenvalue weighted by Gasteiger charge is -2.35. The van der Waals surface area contributed by atoms with Crippen molar-refractivity contribution in [2.24, 2.45) is 0 Å². The molecule has 3 rings (SSSR count). The van der Waals surface area contributed by atoms with Gasteiger partial charge < -0.3 is 15.1 Å². The first-order chi connectivity index (χ1) is 12.2. The SMILES string of the molecule is CN(C)c1cccc2c(S(=O)(=O)N3CCC[C@@H](O)[C@H]3C(=O)O)cccc12. The van der Waals surface area contributed by atoms with Gasteiger partial charge in [0, 0.05) is 37.1 Å². The van der Waals surface area contributed by atoms with Crippen LogP contribution in [0.5, 0.6) is 0 Å². The fourth-order valence-electron chi connectivity index (χ4n) is 3.51. The number of fused-ring (bicyclic) bond motifs is 1. The van der Waals surface area contributed by atoms with Crippen molar-refractivity contribution in [1.29, 1.82) is 0 Å². The first-order valence-corrected chi connectivity index (χ1v) is 9.81. The fraction of sp³-hybridized carbons (Fsp3) is 0.389. The number of piperidine rings is 1. The Hall–Kier alpha value is -2.16. The van der Waals surface area contributed by atoms with Crippen LogP contribution in [0.4, 0.5) is 5.69 Å². The average molecular weight is 378 g/mol. The van der Waals surface area contributed by atoms with E-state index in [1.54, 1.807) is 18.2 Å². The second-order valence-electron chi connectivity index (χ2n) is 6.63. The van der Waals surface area contributed by atoms with Crippen LogP contribution in [0.2, 0.25) is 0 Å². The van der Waals surface area contributed by atoms with Crippen LogP contribution in [0.1, 0.15) is 12.8 Å². The van der Waals surface area contributed by atoms with Gasteiger partial charge in [0.15, 0.2) is 0 Å². The summed E-state index contributed by atoms with van der Waals surface area (Å²) in [4.78, 5) is 13.5. The predicted molar refractivity (Wildman–Crippen MR) is 98.8 cm³/mol. The highest BCUT2D eigenvalue weighted by Gasteiger charge is 2.43. The second kappa shape index (κ2) is 6.86. The molecule has 0 amide bonds. The molecule has 0 aliphatic carbocycles. The number of anilines is 1. The first-order valence-electron chi connectivity index (χ1n) is 8.37. The number of nitrogens with zero attached hydrogens (tertiary/aromatic N) is 2. The summed E-state index contributed by atoms with van der Waals surface area (Å²) in [6, 6.07) is 8.88. The maximum atomic E-state index is 13.3. The summed E-state index contributed by atoms with van der Waals surface area (Å²) in [5.41, 5.74) is 0.869. The number of aliphatic hydroxyl groups is 1. The topological polar surface area (TPSA) is 98.2 Å². The Morgan fingerprint density at radius 3 is 2.46 bits per heavy atom. The molecular formula is C18H22N2O5S. The Morgan fingerprint density at radius 2 is 1.81 bits per heavy atom. The van der Waals surface area contributed by atoms with Crippen molar-refractivity contribution < 1.29 is 23.4 Å². The lowest BCUT2D eigenvalue weighted by molar-refractivity contribution is -0.146. The monoisotopic (exact) mass is 378 g/mol. The number of rotatable bonds is 4. The van der Waals surface area contributed by atoms with Crippen molar-refractivity contribution in [1.82, 2.24) is 4.31 Å². The van der Waals surface area contributed by atoms with Gasteiger partial charge in [-0.1, -0.05) is 24.3 Å². The van der Waals surface area contributed by atoms with Crippen molar-refractivity contribution in [3.63, 3.8) is 0 Å². The van der Waals surface area contributed by atoms with Crippen molar-refractivity contribution >= 4 is 32.5 Å². The van der Waals surface area contributed by atoms with Crippen molar-refractivity contribution in [2.45, 2.75) is 29.9 Å². The van der Waals surface area contributed by atoms with Gasteiger partial charge in [0.2, 0.25) is 10.0 Å². The fourth-order valence-corrected chi connectivity index (χ4v) is 5.37. The van der Waals surface area contributed by atoms with E-state index in [0.29, 0.717) is 11.8 Å². The third-order valence-electron chi connectivity index (χ3n) is 4.73. The standard InChI is InChI=1S/C18H22N2O5S/c1-19(2)14-8-3-7-13-12(14)6-4-10-16(13)26(24,25)20-11-5-9-15(21)17(20)18(22)23/h3-4,6-8,10,15,17,21H,5,9,11H2,1-2H3,(H,22,23)/t15-,17+/m1/s1. The molecule has 26 heavy (non-hydrogen) atoms. The summed E-state index contributed by atoms with van der Waals surface area (Å²) in [7, 11) is -0.339. The smallest absolute Gasteiger partial charge is 0.324 e. The van der Waals surface area contributed by atoms with Gasteiger partial charge in [-0.3, -0.25) is 4.79 Å². The van der Waals surface area contributed by atoms with Gasteiger partial charge in [0.05, 0.1) is 11.0 Å². The third kappa shape index (κ3) is 3.04. The van der Waals surface area contributed by atoms with Crippen molar-refractivity contribution in [3.8, 4) is 0 Å². The number of sulfonamides is 1. The van der Waals surface area contributed by atoms with Crippen LogP contribution < -0.4 is 4.90 Å². The molecule has 0 aromatic heterocycles. The van der Waals surface area contributed by atoms with E-state index < -0.39 is 28.1 Å². The molecule has 0 spiro atoms. The van der Waals surface area contributed by atoms with E-state index in [2.05, 4.69) is 0 Å². The molecule has 7 nitrogen and oxygen atoms in total. The number of aliphatic carboxylic acids is 1. The molecule has 0 saturated carbocycles. The van der Waals surface area contributed by atoms with Crippen LogP contribution in [0.25, 0.3) is 10.8 Å². The molecule has 1 heterocycles. The lowest BCUT2D eigenvalue weighted by Crippen LogP contribution is -2.54. The van der Waals surface area contributed by atoms with Crippen LogP contribution in [-0.4, -0.2) is 61.7 Å². The Morgan fingerprint density at radius 1 is 1.15 bits per heavy atom. The van der Waals surface area contributed by atoms with Crippen LogP contribution in [0.3, 0.4) is 0 Å². The molecule has 2 atom stereocenters. The maximum absolute atomic E-state index is 13.3. The van der Waals surface area contributed by atoms with Gasteiger partial charge in [0.25, 0.3) is 0 Å². The Balaban J connectivity index is 2.19. The number of aliphatic hydroxyl groups excluding tert-OH is 1. The van der Waals surface area contributed by atoms with Gasteiger partial charge in [-0.15, -0.1) is 0 Å². The molecular weight excluding hydrogens is 356 g/mol. The molecule has 2 aromatic carbocycles. The highest BCUT2D eigenvalue weighted by atomic mass is 32.2. The Kier molecular flexibility index (Phi) is 4.92. The second-order valence-corrected chi connectivity index (χ2v) is 8.49. The summed E-state index contributed by atoms with van der Waals surface area (Å²) in [6.07, 6.45) is -0.537. The van der Waals surface area contributed by atoms with Gasteiger partial charge in [-0.2, -0.15) is 4.31 Å². The molecule has 1 aliphatic heterocycles. The summed E-state index contributed by atoms with van der Waals surface area (Å²) >= 11 is 0. The quantitative estimate of drug-likeness (QED) is 0.837. The minimum Gasteiger partial charge on any atom is -0.480 e. The highest BCUT2D eigenvalue weighted by molar-refractivity contribution is 7.89. The molecule has 8 heteroatoms. The van der Waals surface area contributed by atoms with E-state index in [-0.39, 0.29) is 17.9 Å². The molecule has 0 bridgehead atoms. The molecule has 0 unspecified atom stereocenters. The summed E-state index contributed by atoms with van der Waals surface area (Å²) in [5, 5.41) is 20.8. The molecule has 140 valence electrons. The van der Waals surface area contributed by atoms with Crippen LogP contribution in [0.15, 0.2) is 41.3 Å². The van der Waals surface area contributed by atoms with E-state index in [0.717, 1.165) is 15.4 Å². The molecule has 1 fully saturated rings. The summed E-state index contributed by atoms with van der Waals surface area (Å²) in [5.74, 6) is -1.34. The summed E-state index contributed by atoms with van der Waals surface area (Å²) < 4.78 is 27.5. The number of hydrogen-bond acceptors (Lipinski definition) is 5. The number of carboxylic acid groups (broad SMARTS) is 1. The third-order valence-corrected chi connectivity index (χ3v) is 6.67. The van der Waals surface area contributed by atoms with E-state index in [1.165, 1.54) is 6.07 Å².